The number of benzene rings is 1. The van der Waals surface area contributed by atoms with Crippen LogP contribution < -0.4 is 0 Å². The lowest BCUT2D eigenvalue weighted by molar-refractivity contribution is 0.222. The van der Waals surface area contributed by atoms with Crippen molar-refractivity contribution < 1.29 is 9.50 Å². The number of aliphatic hydroxyl groups excluding tert-OH is 1. The Hall–Kier alpha value is -0.410. The first kappa shape index (κ1) is 11.7. The zero-order valence-corrected chi connectivity index (χ0v) is 9.72. The van der Waals surface area contributed by atoms with Gasteiger partial charge in [0.15, 0.2) is 0 Å². The number of rotatable bonds is 4. The third kappa shape index (κ3) is 2.79. The third-order valence-electron chi connectivity index (χ3n) is 2.38. The first-order valence-electron chi connectivity index (χ1n) is 4.72. The SMILES string of the molecule is CCC(CO)Cc1cccc(F)c1Br. The van der Waals surface area contributed by atoms with Crippen LogP contribution in [0.1, 0.15) is 18.9 Å². The van der Waals surface area contributed by atoms with Gasteiger partial charge in [0.2, 0.25) is 0 Å². The van der Waals surface area contributed by atoms with Crippen LogP contribution in [0.3, 0.4) is 0 Å². The van der Waals surface area contributed by atoms with Crippen LogP contribution in [0.4, 0.5) is 4.39 Å². The Bertz CT molecular complexity index is 297. The molecule has 14 heavy (non-hydrogen) atoms. The van der Waals surface area contributed by atoms with E-state index in [0.717, 1.165) is 12.0 Å². The molecule has 0 saturated carbocycles. The normalized spacial score (nSPS) is 12.9. The molecule has 0 aliphatic carbocycles. The van der Waals surface area contributed by atoms with Crippen molar-refractivity contribution in [3.8, 4) is 0 Å². The Labute approximate surface area is 92.1 Å². The molecule has 1 aromatic carbocycles. The summed E-state index contributed by atoms with van der Waals surface area (Å²) < 4.78 is 13.6. The lowest BCUT2D eigenvalue weighted by Gasteiger charge is -2.12. The largest absolute Gasteiger partial charge is 0.396 e. The second-order valence-electron chi connectivity index (χ2n) is 3.37. The molecule has 1 atom stereocenters. The van der Waals surface area contributed by atoms with E-state index in [1.54, 1.807) is 6.07 Å². The lowest BCUT2D eigenvalue weighted by Crippen LogP contribution is -2.08. The summed E-state index contributed by atoms with van der Waals surface area (Å²) in [5, 5.41) is 9.04. The summed E-state index contributed by atoms with van der Waals surface area (Å²) in [4.78, 5) is 0. The topological polar surface area (TPSA) is 20.2 Å². The molecule has 0 bridgehead atoms. The van der Waals surface area contributed by atoms with E-state index in [1.807, 2.05) is 13.0 Å². The Morgan fingerprint density at radius 2 is 2.21 bits per heavy atom. The number of halogens is 2. The molecule has 0 aliphatic rings. The average molecular weight is 261 g/mol. The molecular weight excluding hydrogens is 247 g/mol. The van der Waals surface area contributed by atoms with E-state index in [-0.39, 0.29) is 18.3 Å². The van der Waals surface area contributed by atoms with Crippen molar-refractivity contribution in [2.24, 2.45) is 5.92 Å². The minimum absolute atomic E-state index is 0.152. The third-order valence-corrected chi connectivity index (χ3v) is 3.26. The van der Waals surface area contributed by atoms with Gasteiger partial charge in [-0.05, 0) is 39.9 Å². The molecule has 0 fully saturated rings. The summed E-state index contributed by atoms with van der Waals surface area (Å²) in [6.07, 6.45) is 1.62. The molecule has 0 saturated heterocycles. The molecule has 1 nitrogen and oxygen atoms in total. The van der Waals surface area contributed by atoms with E-state index in [4.69, 9.17) is 5.11 Å². The molecule has 0 heterocycles. The van der Waals surface area contributed by atoms with E-state index < -0.39 is 0 Å². The predicted molar refractivity (Wildman–Crippen MR) is 58.7 cm³/mol. The smallest absolute Gasteiger partial charge is 0.137 e. The highest BCUT2D eigenvalue weighted by atomic mass is 79.9. The van der Waals surface area contributed by atoms with Crippen molar-refractivity contribution in [3.05, 3.63) is 34.1 Å². The van der Waals surface area contributed by atoms with Gasteiger partial charge >= 0.3 is 0 Å². The summed E-state index contributed by atoms with van der Waals surface area (Å²) >= 11 is 3.21. The summed E-state index contributed by atoms with van der Waals surface area (Å²) in [6, 6.07) is 5.00. The van der Waals surface area contributed by atoms with Crippen molar-refractivity contribution in [2.45, 2.75) is 19.8 Å². The van der Waals surface area contributed by atoms with Gasteiger partial charge < -0.3 is 5.11 Å². The highest BCUT2D eigenvalue weighted by Crippen LogP contribution is 2.23. The molecule has 0 radical (unpaired) electrons. The highest BCUT2D eigenvalue weighted by Gasteiger charge is 2.10. The van der Waals surface area contributed by atoms with Gasteiger partial charge in [0.05, 0.1) is 4.47 Å². The maximum atomic E-state index is 13.1. The Kier molecular flexibility index (Phi) is 4.55. The van der Waals surface area contributed by atoms with Crippen molar-refractivity contribution in [2.75, 3.05) is 6.61 Å². The van der Waals surface area contributed by atoms with Crippen LogP contribution in [-0.2, 0) is 6.42 Å². The second-order valence-corrected chi connectivity index (χ2v) is 4.17. The van der Waals surface area contributed by atoms with Gasteiger partial charge in [-0.25, -0.2) is 4.39 Å². The van der Waals surface area contributed by atoms with Gasteiger partial charge in [0.25, 0.3) is 0 Å². The van der Waals surface area contributed by atoms with Gasteiger partial charge in [-0.3, -0.25) is 0 Å². The van der Waals surface area contributed by atoms with Crippen LogP contribution in [0.5, 0.6) is 0 Å². The Morgan fingerprint density at radius 1 is 1.50 bits per heavy atom. The van der Waals surface area contributed by atoms with Crippen LogP contribution in [0, 0.1) is 11.7 Å². The molecule has 0 aromatic heterocycles. The monoisotopic (exact) mass is 260 g/mol. The Morgan fingerprint density at radius 3 is 2.79 bits per heavy atom. The fourth-order valence-electron chi connectivity index (χ4n) is 1.36. The van der Waals surface area contributed by atoms with Crippen LogP contribution in [-0.4, -0.2) is 11.7 Å². The van der Waals surface area contributed by atoms with E-state index in [0.29, 0.717) is 10.9 Å². The van der Waals surface area contributed by atoms with E-state index in [9.17, 15) is 4.39 Å². The van der Waals surface area contributed by atoms with Crippen LogP contribution in [0.25, 0.3) is 0 Å². The zero-order valence-electron chi connectivity index (χ0n) is 8.13. The lowest BCUT2D eigenvalue weighted by atomic mass is 9.98. The first-order chi connectivity index (χ1) is 6.69. The number of aliphatic hydroxyl groups is 1. The minimum atomic E-state index is -0.240. The maximum absolute atomic E-state index is 13.1. The Balaban J connectivity index is 2.80. The molecule has 78 valence electrons. The maximum Gasteiger partial charge on any atom is 0.137 e. The summed E-state index contributed by atoms with van der Waals surface area (Å²) in [7, 11) is 0. The van der Waals surface area contributed by atoms with Crippen LogP contribution >= 0.6 is 15.9 Å². The molecule has 1 rings (SSSR count). The van der Waals surface area contributed by atoms with Gasteiger partial charge in [0.1, 0.15) is 5.82 Å². The molecule has 1 N–H and O–H groups in total. The first-order valence-corrected chi connectivity index (χ1v) is 5.52. The van der Waals surface area contributed by atoms with Crippen LogP contribution in [0.2, 0.25) is 0 Å². The fraction of sp³-hybridized carbons (Fsp3) is 0.455. The van der Waals surface area contributed by atoms with Gasteiger partial charge in [-0.1, -0.05) is 25.5 Å². The molecular formula is C11H14BrFO. The highest BCUT2D eigenvalue weighted by molar-refractivity contribution is 9.10. The average Bonchev–Trinajstić information content (AvgIpc) is 2.20. The standard InChI is InChI=1S/C11H14BrFO/c1-2-8(7-14)6-9-4-3-5-10(13)11(9)12/h3-5,8,14H,2,6-7H2,1H3. The van der Waals surface area contributed by atoms with E-state index >= 15 is 0 Å². The number of hydrogen-bond donors (Lipinski definition) is 1. The van der Waals surface area contributed by atoms with Crippen molar-refractivity contribution in [3.63, 3.8) is 0 Å². The van der Waals surface area contributed by atoms with Crippen molar-refractivity contribution in [1.29, 1.82) is 0 Å². The fourth-order valence-corrected chi connectivity index (χ4v) is 1.78. The van der Waals surface area contributed by atoms with Crippen molar-refractivity contribution >= 4 is 15.9 Å². The number of hydrogen-bond acceptors (Lipinski definition) is 1. The summed E-state index contributed by atoms with van der Waals surface area (Å²) in [5.74, 6) is -0.0246. The van der Waals surface area contributed by atoms with E-state index in [1.165, 1.54) is 6.07 Å². The summed E-state index contributed by atoms with van der Waals surface area (Å²) in [5.41, 5.74) is 0.922. The predicted octanol–water partition coefficient (Wildman–Crippen LogP) is 3.15. The van der Waals surface area contributed by atoms with Gasteiger partial charge in [-0.15, -0.1) is 0 Å². The molecule has 0 amide bonds. The molecule has 1 aromatic rings. The molecule has 1 unspecified atom stereocenters. The molecule has 0 aliphatic heterocycles. The summed E-state index contributed by atoms with van der Waals surface area (Å²) in [6.45, 7) is 2.17. The quantitative estimate of drug-likeness (QED) is 0.882. The zero-order chi connectivity index (χ0) is 10.6. The minimum Gasteiger partial charge on any atom is -0.396 e. The molecule has 0 spiro atoms. The van der Waals surface area contributed by atoms with Crippen molar-refractivity contribution in [1.82, 2.24) is 0 Å². The van der Waals surface area contributed by atoms with Gasteiger partial charge in [0, 0.05) is 6.61 Å². The van der Waals surface area contributed by atoms with Crippen LogP contribution in [0.15, 0.2) is 22.7 Å². The molecule has 3 heteroatoms. The second kappa shape index (κ2) is 5.47. The van der Waals surface area contributed by atoms with E-state index in [2.05, 4.69) is 15.9 Å². The van der Waals surface area contributed by atoms with Gasteiger partial charge in [-0.2, -0.15) is 0 Å².